The van der Waals surface area contributed by atoms with E-state index in [1.807, 2.05) is 6.92 Å². The molecule has 0 spiro atoms. The zero-order valence-corrected chi connectivity index (χ0v) is 7.40. The summed E-state index contributed by atoms with van der Waals surface area (Å²) in [4.78, 5) is 0. The van der Waals surface area contributed by atoms with Crippen molar-refractivity contribution in [3.05, 3.63) is 0 Å². The van der Waals surface area contributed by atoms with E-state index >= 15 is 0 Å². The zero-order chi connectivity index (χ0) is 7.98. The van der Waals surface area contributed by atoms with Gasteiger partial charge in [0, 0.05) is 13.2 Å². The molecule has 0 aliphatic carbocycles. The molecule has 10 heavy (non-hydrogen) atoms. The molecule has 0 amide bonds. The fourth-order valence-corrected chi connectivity index (χ4v) is 1.03. The maximum absolute atomic E-state index is 9.16. The first-order valence-electron chi connectivity index (χ1n) is 3.43. The van der Waals surface area contributed by atoms with E-state index in [-0.39, 0.29) is 18.6 Å². The lowest BCUT2D eigenvalue weighted by atomic mass is 10.1. The van der Waals surface area contributed by atoms with Crippen LogP contribution in [0.4, 0.5) is 0 Å². The number of aliphatic hydroxyl groups excluding tert-OH is 2. The zero-order valence-electron chi connectivity index (χ0n) is 6.25. The Labute approximate surface area is 64.1 Å². The molecular formula is C6H16NO2P. The molecule has 3 N–H and O–H groups in total. The first-order chi connectivity index (χ1) is 4.70. The van der Waals surface area contributed by atoms with Gasteiger partial charge in [-0.3, -0.25) is 5.09 Å². The molecule has 0 fully saturated rings. The van der Waals surface area contributed by atoms with Gasteiger partial charge in [-0.25, -0.2) is 0 Å². The lowest BCUT2D eigenvalue weighted by molar-refractivity contribution is 0.125. The molecule has 3 unspecified atom stereocenters. The Morgan fingerprint density at radius 3 is 2.60 bits per heavy atom. The van der Waals surface area contributed by atoms with Crippen LogP contribution < -0.4 is 5.09 Å². The predicted octanol–water partition coefficient (Wildman–Crippen LogP) is -0.255. The topological polar surface area (TPSA) is 52.5 Å². The molecule has 0 saturated carbocycles. The summed E-state index contributed by atoms with van der Waals surface area (Å²) in [6, 6.07) is 0. The van der Waals surface area contributed by atoms with Gasteiger partial charge >= 0.3 is 0 Å². The maximum atomic E-state index is 9.16. The molecule has 0 rings (SSSR count). The molecule has 0 aliphatic heterocycles. The van der Waals surface area contributed by atoms with E-state index in [9.17, 15) is 0 Å². The van der Waals surface area contributed by atoms with Gasteiger partial charge in [0.25, 0.3) is 0 Å². The third-order valence-electron chi connectivity index (χ3n) is 1.34. The van der Waals surface area contributed by atoms with E-state index < -0.39 is 0 Å². The highest BCUT2D eigenvalue weighted by Gasteiger charge is 2.07. The average molecular weight is 165 g/mol. The lowest BCUT2D eigenvalue weighted by Crippen LogP contribution is -2.23. The molecule has 0 aromatic rings. The fourth-order valence-electron chi connectivity index (χ4n) is 0.758. The van der Waals surface area contributed by atoms with Crippen LogP contribution in [-0.2, 0) is 0 Å². The Kier molecular flexibility index (Phi) is 6.24. The first kappa shape index (κ1) is 10.3. The summed E-state index contributed by atoms with van der Waals surface area (Å²) in [5.41, 5.74) is 0. The molecular weight excluding hydrogens is 149 g/mol. The predicted molar refractivity (Wildman–Crippen MR) is 44.6 cm³/mol. The monoisotopic (exact) mass is 165 g/mol. The number of nitrogens with one attached hydrogen (secondary N) is 1. The van der Waals surface area contributed by atoms with Crippen LogP contribution in [0.1, 0.15) is 13.3 Å². The Balaban J connectivity index is 3.27. The second-order valence-corrected chi connectivity index (χ2v) is 2.99. The van der Waals surface area contributed by atoms with E-state index in [0.717, 1.165) is 0 Å². The van der Waals surface area contributed by atoms with E-state index in [2.05, 4.69) is 14.5 Å². The number of rotatable bonds is 5. The van der Waals surface area contributed by atoms with Crippen molar-refractivity contribution in [1.82, 2.24) is 5.09 Å². The van der Waals surface area contributed by atoms with Crippen molar-refractivity contribution < 1.29 is 10.2 Å². The molecule has 62 valence electrons. The highest BCUT2D eigenvalue weighted by Crippen LogP contribution is 2.03. The second-order valence-electron chi connectivity index (χ2n) is 2.59. The molecule has 3 nitrogen and oxygen atoms in total. The largest absolute Gasteiger partial charge is 0.396 e. The van der Waals surface area contributed by atoms with Gasteiger partial charge < -0.3 is 10.2 Å². The van der Waals surface area contributed by atoms with Crippen LogP contribution in [0.3, 0.4) is 0 Å². The van der Waals surface area contributed by atoms with Crippen LogP contribution in [0.25, 0.3) is 0 Å². The number of aliphatic hydroxyl groups is 2. The highest BCUT2D eigenvalue weighted by atomic mass is 31.0. The van der Waals surface area contributed by atoms with Crippen LogP contribution in [0.5, 0.6) is 0 Å². The van der Waals surface area contributed by atoms with Crippen LogP contribution in [0, 0.1) is 5.92 Å². The summed E-state index contributed by atoms with van der Waals surface area (Å²) in [6.07, 6.45) is 0.303. The van der Waals surface area contributed by atoms with Crippen LogP contribution in [-0.4, -0.2) is 29.5 Å². The van der Waals surface area contributed by atoms with E-state index in [4.69, 9.17) is 10.2 Å². The number of hydrogen-bond donors (Lipinski definition) is 3. The summed E-state index contributed by atoms with van der Waals surface area (Å²) in [5.74, 6) is 0.188. The minimum atomic E-state index is -0.348. The average Bonchev–Trinajstić information content (AvgIpc) is 1.88. The van der Waals surface area contributed by atoms with Gasteiger partial charge in [0.2, 0.25) is 0 Å². The maximum Gasteiger partial charge on any atom is 0.0671 e. The third-order valence-corrected chi connectivity index (χ3v) is 1.58. The number of hydrogen-bond acceptors (Lipinski definition) is 3. The van der Waals surface area contributed by atoms with E-state index in [0.29, 0.717) is 13.0 Å². The first-order valence-corrected chi connectivity index (χ1v) is 4.00. The van der Waals surface area contributed by atoms with Gasteiger partial charge in [0.1, 0.15) is 0 Å². The quantitative estimate of drug-likeness (QED) is 0.492. The van der Waals surface area contributed by atoms with Gasteiger partial charge in [-0.2, -0.15) is 0 Å². The second kappa shape index (κ2) is 6.05. The van der Waals surface area contributed by atoms with E-state index in [1.54, 1.807) is 0 Å². The summed E-state index contributed by atoms with van der Waals surface area (Å²) < 4.78 is 0. The Hall–Kier alpha value is 0.310. The van der Waals surface area contributed by atoms with Crippen LogP contribution >= 0.6 is 9.39 Å². The Morgan fingerprint density at radius 1 is 1.60 bits per heavy atom. The molecule has 0 aromatic heterocycles. The van der Waals surface area contributed by atoms with Crippen molar-refractivity contribution in [2.75, 3.05) is 13.2 Å². The molecule has 0 aliphatic rings. The Bertz CT molecular complexity index is 82.1. The fraction of sp³-hybridized carbons (Fsp3) is 1.00. The molecule has 0 saturated heterocycles. The molecule has 0 bridgehead atoms. The summed E-state index contributed by atoms with van der Waals surface area (Å²) in [5, 5.41) is 20.6. The normalized spacial score (nSPS) is 16.8. The molecule has 0 radical (unpaired) electrons. The van der Waals surface area contributed by atoms with Crippen molar-refractivity contribution in [3.8, 4) is 0 Å². The van der Waals surface area contributed by atoms with E-state index in [1.165, 1.54) is 0 Å². The molecule has 0 aromatic carbocycles. The van der Waals surface area contributed by atoms with Crippen molar-refractivity contribution in [2.45, 2.75) is 19.4 Å². The van der Waals surface area contributed by atoms with Gasteiger partial charge in [0.05, 0.1) is 6.10 Å². The van der Waals surface area contributed by atoms with Gasteiger partial charge in [0.15, 0.2) is 0 Å². The minimum Gasteiger partial charge on any atom is -0.396 e. The van der Waals surface area contributed by atoms with Crippen LogP contribution in [0.15, 0.2) is 0 Å². The van der Waals surface area contributed by atoms with Gasteiger partial charge in [-0.1, -0.05) is 16.3 Å². The van der Waals surface area contributed by atoms with Crippen molar-refractivity contribution in [2.24, 2.45) is 5.92 Å². The molecule has 3 atom stereocenters. The van der Waals surface area contributed by atoms with Crippen molar-refractivity contribution in [3.63, 3.8) is 0 Å². The molecule has 0 heterocycles. The highest BCUT2D eigenvalue weighted by molar-refractivity contribution is 7.13. The smallest absolute Gasteiger partial charge is 0.0671 e. The van der Waals surface area contributed by atoms with Gasteiger partial charge in [-0.15, -0.1) is 0 Å². The standard InChI is InChI=1S/C6H16NO2P/c1-5(4-8)2-6(9)3-7-10/h5-9H,2-4,10H2,1H3. The van der Waals surface area contributed by atoms with Crippen LogP contribution in [0.2, 0.25) is 0 Å². The summed E-state index contributed by atoms with van der Waals surface area (Å²) >= 11 is 0. The van der Waals surface area contributed by atoms with Crippen molar-refractivity contribution in [1.29, 1.82) is 0 Å². The van der Waals surface area contributed by atoms with Crippen molar-refractivity contribution >= 4 is 9.39 Å². The van der Waals surface area contributed by atoms with Gasteiger partial charge in [-0.05, 0) is 12.3 Å². The Morgan fingerprint density at radius 2 is 2.20 bits per heavy atom. The SMILES string of the molecule is CC(CO)CC(O)CNP. The lowest BCUT2D eigenvalue weighted by Gasteiger charge is -2.13. The molecule has 4 heteroatoms. The minimum absolute atomic E-state index is 0.147. The summed E-state index contributed by atoms with van der Waals surface area (Å²) in [6.45, 7) is 2.62. The third kappa shape index (κ3) is 5.12. The summed E-state index contributed by atoms with van der Waals surface area (Å²) in [7, 11) is 2.33.